The predicted octanol–water partition coefficient (Wildman–Crippen LogP) is 3.98. The van der Waals surface area contributed by atoms with E-state index < -0.39 is 0 Å². The van der Waals surface area contributed by atoms with Gasteiger partial charge in [-0.1, -0.05) is 15.9 Å². The molecule has 2 aromatic carbocycles. The quantitative estimate of drug-likeness (QED) is 0.776. The van der Waals surface area contributed by atoms with Crippen LogP contribution in [0.25, 0.3) is 16.6 Å². The Morgan fingerprint density at radius 3 is 2.53 bits per heavy atom. The highest BCUT2D eigenvalue weighted by molar-refractivity contribution is 9.10. The minimum absolute atomic E-state index is 0.776. The van der Waals surface area contributed by atoms with Gasteiger partial charge in [0.1, 0.15) is 5.75 Å². The lowest BCUT2D eigenvalue weighted by Crippen LogP contribution is -1.92. The highest BCUT2D eigenvalue weighted by Crippen LogP contribution is 2.29. The number of halogens is 1. The molecule has 0 unspecified atom stereocenters. The summed E-state index contributed by atoms with van der Waals surface area (Å²) in [4.78, 5) is 0. The van der Waals surface area contributed by atoms with Crippen molar-refractivity contribution in [3.63, 3.8) is 0 Å². The Kier molecular flexibility index (Phi) is 2.95. The topological polar surface area (TPSA) is 40.2 Å². The average Bonchev–Trinajstić information content (AvgIpc) is 2.75. The number of fused-ring (bicyclic) bond motifs is 1. The Morgan fingerprint density at radius 1 is 1.11 bits per heavy atom. The van der Waals surface area contributed by atoms with Crippen LogP contribution in [-0.4, -0.2) is 11.7 Å². The summed E-state index contributed by atoms with van der Waals surface area (Å²) in [6.07, 6.45) is 1.94. The zero-order chi connectivity index (χ0) is 13.4. The fourth-order valence-electron chi connectivity index (χ4n) is 2.18. The second-order valence-corrected chi connectivity index (χ2v) is 5.23. The van der Waals surface area contributed by atoms with Crippen molar-refractivity contribution in [1.29, 1.82) is 0 Å². The molecule has 0 saturated carbocycles. The van der Waals surface area contributed by atoms with E-state index in [-0.39, 0.29) is 0 Å². The van der Waals surface area contributed by atoms with Crippen molar-refractivity contribution in [2.45, 2.75) is 0 Å². The maximum absolute atomic E-state index is 6.06. The molecule has 0 saturated heterocycles. The van der Waals surface area contributed by atoms with Crippen molar-refractivity contribution in [2.75, 3.05) is 12.8 Å². The van der Waals surface area contributed by atoms with E-state index >= 15 is 0 Å². The molecule has 0 amide bonds. The third-order valence-electron chi connectivity index (χ3n) is 3.15. The van der Waals surface area contributed by atoms with Gasteiger partial charge in [0.15, 0.2) is 0 Å². The summed E-state index contributed by atoms with van der Waals surface area (Å²) < 4.78 is 8.29. The lowest BCUT2D eigenvalue weighted by Gasteiger charge is -2.06. The van der Waals surface area contributed by atoms with Crippen molar-refractivity contribution in [3.05, 3.63) is 53.1 Å². The Labute approximate surface area is 119 Å². The molecule has 0 atom stereocenters. The Hall–Kier alpha value is -1.94. The first-order chi connectivity index (χ1) is 9.19. The Balaban J connectivity index is 2.20. The molecular formula is C15H13BrN2O. The third kappa shape index (κ3) is 2.08. The summed E-state index contributed by atoms with van der Waals surface area (Å²) in [5.74, 6) is 0.842. The number of hydrogen-bond donors (Lipinski definition) is 1. The van der Waals surface area contributed by atoms with Crippen LogP contribution in [0.2, 0.25) is 0 Å². The molecule has 4 heteroatoms. The molecule has 0 spiro atoms. The molecule has 3 nitrogen and oxygen atoms in total. The Bertz CT molecular complexity index is 732. The number of hydrogen-bond acceptors (Lipinski definition) is 2. The first-order valence-corrected chi connectivity index (χ1v) is 6.69. The minimum atomic E-state index is 0.776. The van der Waals surface area contributed by atoms with Gasteiger partial charge in [-0.25, -0.2) is 0 Å². The van der Waals surface area contributed by atoms with Gasteiger partial charge >= 0.3 is 0 Å². The molecule has 1 aromatic heterocycles. The molecular weight excluding hydrogens is 304 g/mol. The van der Waals surface area contributed by atoms with Crippen LogP contribution in [0.1, 0.15) is 0 Å². The average molecular weight is 317 g/mol. The largest absolute Gasteiger partial charge is 0.497 e. The lowest BCUT2D eigenvalue weighted by molar-refractivity contribution is 0.415. The number of nitrogens with zero attached hydrogens (tertiary/aromatic N) is 1. The normalized spacial score (nSPS) is 10.8. The first kappa shape index (κ1) is 12.1. The fraction of sp³-hybridized carbons (Fsp3) is 0.0667. The van der Waals surface area contributed by atoms with Crippen molar-refractivity contribution in [2.24, 2.45) is 0 Å². The zero-order valence-corrected chi connectivity index (χ0v) is 12.0. The number of methoxy groups -OCH3 is 1. The van der Waals surface area contributed by atoms with Crippen LogP contribution in [0, 0.1) is 0 Å². The maximum Gasteiger partial charge on any atom is 0.119 e. The molecule has 19 heavy (non-hydrogen) atoms. The highest BCUT2D eigenvalue weighted by atomic mass is 79.9. The molecule has 2 N–H and O–H groups in total. The molecule has 96 valence electrons. The van der Waals surface area contributed by atoms with Crippen molar-refractivity contribution in [1.82, 2.24) is 4.57 Å². The summed E-state index contributed by atoms with van der Waals surface area (Å²) in [7, 11) is 1.66. The fourth-order valence-corrected chi connectivity index (χ4v) is 2.53. The van der Waals surface area contributed by atoms with Gasteiger partial charge in [-0.3, -0.25) is 0 Å². The van der Waals surface area contributed by atoms with Gasteiger partial charge in [0.25, 0.3) is 0 Å². The summed E-state index contributed by atoms with van der Waals surface area (Å²) in [5, 5.41) is 1.05. The summed E-state index contributed by atoms with van der Waals surface area (Å²) in [6, 6.07) is 14.0. The molecule has 0 radical (unpaired) electrons. The Morgan fingerprint density at radius 2 is 1.84 bits per heavy atom. The van der Waals surface area contributed by atoms with E-state index in [1.54, 1.807) is 7.11 Å². The van der Waals surface area contributed by atoms with Crippen LogP contribution in [0.5, 0.6) is 5.75 Å². The molecule has 1 heterocycles. The molecule has 0 fully saturated rings. The maximum atomic E-state index is 6.06. The minimum Gasteiger partial charge on any atom is -0.497 e. The number of anilines is 1. The predicted molar refractivity (Wildman–Crippen MR) is 81.9 cm³/mol. The summed E-state index contributed by atoms with van der Waals surface area (Å²) in [6.45, 7) is 0. The second-order valence-electron chi connectivity index (χ2n) is 4.31. The molecule has 3 rings (SSSR count). The van der Waals surface area contributed by atoms with E-state index in [2.05, 4.69) is 26.6 Å². The zero-order valence-electron chi connectivity index (χ0n) is 10.4. The number of benzene rings is 2. The molecule has 3 aromatic rings. The molecule has 0 aliphatic rings. The summed E-state index contributed by atoms with van der Waals surface area (Å²) >= 11 is 3.50. The number of rotatable bonds is 2. The smallest absolute Gasteiger partial charge is 0.119 e. The lowest BCUT2D eigenvalue weighted by atomic mass is 10.2. The van der Waals surface area contributed by atoms with Gasteiger partial charge in [0.2, 0.25) is 0 Å². The van der Waals surface area contributed by atoms with Crippen LogP contribution >= 0.6 is 15.9 Å². The van der Waals surface area contributed by atoms with E-state index in [9.17, 15) is 0 Å². The second kappa shape index (κ2) is 4.63. The van der Waals surface area contributed by atoms with Crippen LogP contribution in [0.4, 0.5) is 5.69 Å². The van der Waals surface area contributed by atoms with Crippen molar-refractivity contribution >= 4 is 32.5 Å². The number of ether oxygens (including phenoxy) is 1. The van der Waals surface area contributed by atoms with Gasteiger partial charge < -0.3 is 15.0 Å². The van der Waals surface area contributed by atoms with Gasteiger partial charge in [0, 0.05) is 21.7 Å². The standard InChI is InChI=1S/C15H13BrN2O/c1-19-12-5-3-11(4-6-12)18-9-14(17)13-7-2-10(16)8-15(13)18/h2-9H,17H2,1H3. The van der Waals surface area contributed by atoms with Crippen LogP contribution < -0.4 is 10.5 Å². The van der Waals surface area contributed by atoms with E-state index in [1.165, 1.54) is 0 Å². The van der Waals surface area contributed by atoms with E-state index in [1.807, 2.05) is 42.6 Å². The van der Waals surface area contributed by atoms with Crippen LogP contribution in [0.15, 0.2) is 53.1 Å². The van der Waals surface area contributed by atoms with E-state index in [0.717, 1.165) is 32.5 Å². The van der Waals surface area contributed by atoms with Crippen molar-refractivity contribution in [3.8, 4) is 11.4 Å². The number of aromatic nitrogens is 1. The van der Waals surface area contributed by atoms with Crippen LogP contribution in [-0.2, 0) is 0 Å². The molecule has 0 aliphatic heterocycles. The van der Waals surface area contributed by atoms with Gasteiger partial charge in [-0.15, -0.1) is 0 Å². The van der Waals surface area contributed by atoms with Gasteiger partial charge in [0.05, 0.1) is 18.3 Å². The highest BCUT2D eigenvalue weighted by Gasteiger charge is 2.08. The number of nitrogen functional groups attached to an aromatic ring is 1. The van der Waals surface area contributed by atoms with Crippen molar-refractivity contribution < 1.29 is 4.74 Å². The van der Waals surface area contributed by atoms with E-state index in [0.29, 0.717) is 0 Å². The monoisotopic (exact) mass is 316 g/mol. The third-order valence-corrected chi connectivity index (χ3v) is 3.64. The first-order valence-electron chi connectivity index (χ1n) is 5.89. The van der Waals surface area contributed by atoms with Gasteiger partial charge in [-0.2, -0.15) is 0 Å². The van der Waals surface area contributed by atoms with Crippen LogP contribution in [0.3, 0.4) is 0 Å². The summed E-state index contributed by atoms with van der Waals surface area (Å²) in [5.41, 5.74) is 8.97. The van der Waals surface area contributed by atoms with E-state index in [4.69, 9.17) is 10.5 Å². The molecule has 0 bridgehead atoms. The van der Waals surface area contributed by atoms with Gasteiger partial charge in [-0.05, 0) is 42.5 Å². The SMILES string of the molecule is COc1ccc(-n2cc(N)c3ccc(Br)cc32)cc1. The molecule has 0 aliphatic carbocycles. The number of nitrogens with two attached hydrogens (primary N) is 1.